The number of ether oxygens (including phenoxy) is 1. The fraction of sp³-hybridized carbons (Fsp3) is 0.824. The average Bonchev–Trinajstić information content (AvgIpc) is 3.00. The quantitative estimate of drug-likeness (QED) is 0.804. The number of hydrogen-bond donors (Lipinski definition) is 1. The first kappa shape index (κ1) is 15.0. The van der Waals surface area contributed by atoms with Gasteiger partial charge in [-0.15, -0.1) is 0 Å². The van der Waals surface area contributed by atoms with Gasteiger partial charge in [0.1, 0.15) is 0 Å². The number of hydrogen-bond acceptors (Lipinski definition) is 3. The summed E-state index contributed by atoms with van der Waals surface area (Å²) >= 11 is 0. The molecular formula is C17H28N2O2. The zero-order valence-corrected chi connectivity index (χ0v) is 13.4. The van der Waals surface area contributed by atoms with Gasteiger partial charge >= 0.3 is 0 Å². The van der Waals surface area contributed by atoms with Crippen LogP contribution in [0.5, 0.6) is 0 Å². The van der Waals surface area contributed by atoms with Crippen LogP contribution >= 0.6 is 0 Å². The van der Waals surface area contributed by atoms with Crippen LogP contribution in [0.15, 0.2) is 12.2 Å². The molecule has 1 N–H and O–H groups in total. The number of rotatable bonds is 4. The molecule has 3 aliphatic rings. The Balaban J connectivity index is 1.55. The maximum Gasteiger partial charge on any atom is 0.230 e. The van der Waals surface area contributed by atoms with Crippen molar-refractivity contribution >= 4 is 5.91 Å². The number of nitrogens with one attached hydrogen (secondary N) is 1. The highest BCUT2D eigenvalue weighted by atomic mass is 16.5. The molecule has 4 nitrogen and oxygen atoms in total. The summed E-state index contributed by atoms with van der Waals surface area (Å²) in [7, 11) is 0. The van der Waals surface area contributed by atoms with Crippen molar-refractivity contribution < 1.29 is 9.53 Å². The van der Waals surface area contributed by atoms with Crippen molar-refractivity contribution in [3.8, 4) is 0 Å². The van der Waals surface area contributed by atoms with Crippen LogP contribution in [-0.4, -0.2) is 50.2 Å². The average molecular weight is 292 g/mol. The topological polar surface area (TPSA) is 41.6 Å². The first-order valence-electron chi connectivity index (χ1n) is 8.25. The van der Waals surface area contributed by atoms with E-state index in [0.717, 1.165) is 57.8 Å². The molecule has 0 aromatic rings. The van der Waals surface area contributed by atoms with E-state index in [9.17, 15) is 4.79 Å². The van der Waals surface area contributed by atoms with Crippen LogP contribution in [0.25, 0.3) is 0 Å². The van der Waals surface area contributed by atoms with Gasteiger partial charge in [-0.2, -0.15) is 0 Å². The van der Waals surface area contributed by atoms with E-state index in [1.807, 2.05) is 0 Å². The predicted molar refractivity (Wildman–Crippen MR) is 83.0 cm³/mol. The summed E-state index contributed by atoms with van der Waals surface area (Å²) in [5.74, 6) is 0.851. The summed E-state index contributed by atoms with van der Waals surface area (Å²) in [4.78, 5) is 15.1. The molecule has 118 valence electrons. The second kappa shape index (κ2) is 5.40. The van der Waals surface area contributed by atoms with E-state index in [-0.39, 0.29) is 16.7 Å². The number of nitrogens with zero attached hydrogens (tertiary/aromatic N) is 1. The Labute approximate surface area is 127 Å². The SMILES string of the molecule is C=C1C(C)(C)[C@H]2CC[C@]1(C(=O)NCCN1CCOCC1)C2. The standard InChI is InChI=1S/C17H28N2O2/c1-13-16(2,3)14-4-5-17(13,12-14)15(20)18-6-7-19-8-10-21-11-9-19/h14H,1,4-12H2,2-3H3,(H,18,20)/t14-,17-/m0/s1. The van der Waals surface area contributed by atoms with Gasteiger partial charge in [-0.25, -0.2) is 0 Å². The van der Waals surface area contributed by atoms with Crippen LogP contribution in [0.3, 0.4) is 0 Å². The number of morpholine rings is 1. The lowest BCUT2D eigenvalue weighted by Gasteiger charge is -2.37. The first-order chi connectivity index (χ1) is 9.97. The lowest BCUT2D eigenvalue weighted by atomic mass is 9.68. The Morgan fingerprint density at radius 3 is 2.76 bits per heavy atom. The van der Waals surface area contributed by atoms with Crippen molar-refractivity contribution in [2.24, 2.45) is 16.7 Å². The Morgan fingerprint density at radius 1 is 1.43 bits per heavy atom. The molecule has 2 aliphatic carbocycles. The van der Waals surface area contributed by atoms with E-state index in [2.05, 4.69) is 30.6 Å². The van der Waals surface area contributed by atoms with Crippen molar-refractivity contribution in [1.29, 1.82) is 0 Å². The molecule has 2 saturated carbocycles. The van der Waals surface area contributed by atoms with Crippen molar-refractivity contribution in [3.05, 3.63) is 12.2 Å². The van der Waals surface area contributed by atoms with E-state index >= 15 is 0 Å². The smallest absolute Gasteiger partial charge is 0.230 e. The van der Waals surface area contributed by atoms with E-state index in [4.69, 9.17) is 4.74 Å². The van der Waals surface area contributed by atoms with E-state index in [0.29, 0.717) is 5.92 Å². The van der Waals surface area contributed by atoms with Gasteiger partial charge in [-0.1, -0.05) is 26.0 Å². The molecule has 1 saturated heterocycles. The molecule has 2 atom stereocenters. The Hall–Kier alpha value is -0.870. The van der Waals surface area contributed by atoms with Crippen LogP contribution < -0.4 is 5.32 Å². The molecule has 0 spiro atoms. The van der Waals surface area contributed by atoms with E-state index < -0.39 is 0 Å². The van der Waals surface area contributed by atoms with Crippen LogP contribution in [0.1, 0.15) is 33.1 Å². The Bertz CT molecular complexity index is 440. The molecule has 0 radical (unpaired) electrons. The zero-order valence-electron chi connectivity index (χ0n) is 13.4. The van der Waals surface area contributed by atoms with Crippen LogP contribution in [-0.2, 0) is 9.53 Å². The fourth-order valence-electron chi connectivity index (χ4n) is 4.46. The normalized spacial score (nSPS) is 35.1. The summed E-state index contributed by atoms with van der Waals surface area (Å²) in [6.45, 7) is 14.0. The highest BCUT2D eigenvalue weighted by molar-refractivity contribution is 5.87. The Morgan fingerprint density at radius 2 is 2.14 bits per heavy atom. The minimum Gasteiger partial charge on any atom is -0.379 e. The fourth-order valence-corrected chi connectivity index (χ4v) is 4.46. The first-order valence-corrected chi connectivity index (χ1v) is 8.25. The third-order valence-electron chi connectivity index (χ3n) is 6.14. The minimum atomic E-state index is -0.279. The summed E-state index contributed by atoms with van der Waals surface area (Å²) in [6.07, 6.45) is 3.16. The van der Waals surface area contributed by atoms with E-state index in [1.165, 1.54) is 6.42 Å². The van der Waals surface area contributed by atoms with Gasteiger partial charge in [0.2, 0.25) is 5.91 Å². The molecule has 1 heterocycles. The Kier molecular flexibility index (Phi) is 3.87. The predicted octanol–water partition coefficient (Wildman–Crippen LogP) is 1.82. The maximum atomic E-state index is 12.7. The number of carbonyl (C=O) groups is 1. The molecule has 1 amide bonds. The number of amides is 1. The largest absolute Gasteiger partial charge is 0.379 e. The monoisotopic (exact) mass is 292 g/mol. The lowest BCUT2D eigenvalue weighted by molar-refractivity contribution is -0.128. The van der Waals surface area contributed by atoms with Gasteiger partial charge in [-0.05, 0) is 30.6 Å². The maximum absolute atomic E-state index is 12.7. The molecule has 0 unspecified atom stereocenters. The van der Waals surface area contributed by atoms with Gasteiger partial charge in [0.05, 0.1) is 18.6 Å². The van der Waals surface area contributed by atoms with Crippen molar-refractivity contribution in [3.63, 3.8) is 0 Å². The molecule has 3 fully saturated rings. The molecule has 0 aromatic heterocycles. The second-order valence-corrected chi connectivity index (χ2v) is 7.43. The van der Waals surface area contributed by atoms with Crippen molar-refractivity contribution in [1.82, 2.24) is 10.2 Å². The molecule has 2 bridgehead atoms. The highest BCUT2D eigenvalue weighted by Gasteiger charge is 2.60. The van der Waals surface area contributed by atoms with Gasteiger partial charge in [0, 0.05) is 26.2 Å². The van der Waals surface area contributed by atoms with Gasteiger partial charge in [-0.3, -0.25) is 9.69 Å². The summed E-state index contributed by atoms with van der Waals surface area (Å²) in [5.41, 5.74) is 1.01. The zero-order chi connectivity index (χ0) is 15.1. The van der Waals surface area contributed by atoms with E-state index in [1.54, 1.807) is 0 Å². The van der Waals surface area contributed by atoms with Crippen LogP contribution in [0.2, 0.25) is 0 Å². The summed E-state index contributed by atoms with van der Waals surface area (Å²) in [5, 5.41) is 3.18. The van der Waals surface area contributed by atoms with Gasteiger partial charge in [0.15, 0.2) is 0 Å². The molecular weight excluding hydrogens is 264 g/mol. The number of carbonyl (C=O) groups excluding carboxylic acids is 1. The summed E-state index contributed by atoms with van der Waals surface area (Å²) < 4.78 is 5.34. The van der Waals surface area contributed by atoms with Crippen molar-refractivity contribution in [2.45, 2.75) is 33.1 Å². The summed E-state index contributed by atoms with van der Waals surface area (Å²) in [6, 6.07) is 0. The van der Waals surface area contributed by atoms with Crippen molar-refractivity contribution in [2.75, 3.05) is 39.4 Å². The third-order valence-corrected chi connectivity index (χ3v) is 6.14. The van der Waals surface area contributed by atoms with Crippen LogP contribution in [0, 0.1) is 16.7 Å². The van der Waals surface area contributed by atoms with Crippen LogP contribution in [0.4, 0.5) is 0 Å². The molecule has 21 heavy (non-hydrogen) atoms. The number of fused-ring (bicyclic) bond motifs is 2. The molecule has 1 aliphatic heterocycles. The lowest BCUT2D eigenvalue weighted by Crippen LogP contribution is -2.45. The highest BCUT2D eigenvalue weighted by Crippen LogP contribution is 2.65. The molecule has 4 heteroatoms. The second-order valence-electron chi connectivity index (χ2n) is 7.43. The van der Waals surface area contributed by atoms with Gasteiger partial charge < -0.3 is 10.1 Å². The molecule has 0 aromatic carbocycles. The minimum absolute atomic E-state index is 0.125. The van der Waals surface area contributed by atoms with Gasteiger partial charge in [0.25, 0.3) is 0 Å². The molecule has 3 rings (SSSR count). The third kappa shape index (κ3) is 2.42.